The van der Waals surface area contributed by atoms with Crippen molar-refractivity contribution in [2.24, 2.45) is 5.92 Å². The lowest BCUT2D eigenvalue weighted by molar-refractivity contribution is -0.112. The number of nitrogens with one attached hydrogen (secondary N) is 1. The summed E-state index contributed by atoms with van der Waals surface area (Å²) in [7, 11) is 0. The number of aromatic nitrogens is 3. The Labute approximate surface area is 197 Å². The van der Waals surface area contributed by atoms with Gasteiger partial charge < -0.3 is 19.7 Å². The van der Waals surface area contributed by atoms with Crippen LogP contribution in [0.15, 0.2) is 36.8 Å². The largest absolute Gasteiger partial charge is 0.489 e. The molecule has 1 aliphatic heterocycles. The standard InChI is InChI=1S/C25H27N5O4/c1-15(2)34-22-11-19-17(13-29(25(19)33)18-6-4-16(14-31)5-7-18)10-21(22)28-24(32)20-12-27-30-9-3-8-26-23(20)30/h3,8-12,14-16,18H,4-7,13H2,1-2H3,(H,28,32)/t16-,18-. The minimum absolute atomic E-state index is 0.0251. The molecule has 34 heavy (non-hydrogen) atoms. The molecule has 3 heterocycles. The van der Waals surface area contributed by atoms with Gasteiger partial charge in [-0.15, -0.1) is 0 Å². The first-order chi connectivity index (χ1) is 16.4. The van der Waals surface area contributed by atoms with E-state index in [-0.39, 0.29) is 29.9 Å². The zero-order valence-electron chi connectivity index (χ0n) is 19.2. The monoisotopic (exact) mass is 461 g/mol. The maximum absolute atomic E-state index is 13.2. The fourth-order valence-electron chi connectivity index (χ4n) is 4.84. The van der Waals surface area contributed by atoms with Crippen LogP contribution in [0.5, 0.6) is 5.75 Å². The first-order valence-electron chi connectivity index (χ1n) is 11.6. The SMILES string of the molecule is CC(C)Oc1cc2c(cc1NC(=O)c1cnn3cccnc13)CN([C@H]1CC[C@H](C=O)CC1)C2=O. The molecule has 1 saturated carbocycles. The fourth-order valence-corrected chi connectivity index (χ4v) is 4.84. The lowest BCUT2D eigenvalue weighted by Gasteiger charge is -2.32. The topological polar surface area (TPSA) is 106 Å². The van der Waals surface area contributed by atoms with Crippen LogP contribution in [0.25, 0.3) is 5.65 Å². The third-order valence-electron chi connectivity index (χ3n) is 6.55. The summed E-state index contributed by atoms with van der Waals surface area (Å²) in [6.45, 7) is 4.27. The van der Waals surface area contributed by atoms with Gasteiger partial charge in [0.15, 0.2) is 5.65 Å². The third-order valence-corrected chi connectivity index (χ3v) is 6.55. The van der Waals surface area contributed by atoms with Crippen molar-refractivity contribution in [2.75, 3.05) is 5.32 Å². The molecule has 176 valence electrons. The number of hydrogen-bond acceptors (Lipinski definition) is 6. The van der Waals surface area contributed by atoms with Gasteiger partial charge in [-0.25, -0.2) is 9.50 Å². The molecule has 2 aliphatic rings. The lowest BCUT2D eigenvalue weighted by atomic mass is 9.86. The summed E-state index contributed by atoms with van der Waals surface area (Å²) in [5.74, 6) is 0.170. The van der Waals surface area contributed by atoms with Gasteiger partial charge in [0.1, 0.15) is 17.6 Å². The smallest absolute Gasteiger partial charge is 0.261 e. The van der Waals surface area contributed by atoms with Crippen LogP contribution in [0, 0.1) is 5.92 Å². The summed E-state index contributed by atoms with van der Waals surface area (Å²) in [5.41, 5.74) is 2.77. The molecule has 0 bridgehead atoms. The van der Waals surface area contributed by atoms with Crippen LogP contribution >= 0.6 is 0 Å². The molecule has 0 radical (unpaired) electrons. The normalized spacial score (nSPS) is 20.0. The number of fused-ring (bicyclic) bond motifs is 2. The van der Waals surface area contributed by atoms with Crippen molar-refractivity contribution >= 4 is 29.4 Å². The quantitative estimate of drug-likeness (QED) is 0.564. The number of ether oxygens (including phenoxy) is 1. The van der Waals surface area contributed by atoms with Gasteiger partial charge >= 0.3 is 0 Å². The van der Waals surface area contributed by atoms with E-state index in [4.69, 9.17) is 4.74 Å². The van der Waals surface area contributed by atoms with Gasteiger partial charge in [-0.1, -0.05) is 0 Å². The molecule has 9 heteroatoms. The van der Waals surface area contributed by atoms with Gasteiger partial charge in [-0.3, -0.25) is 9.59 Å². The second-order valence-electron chi connectivity index (χ2n) is 9.21. The predicted octanol–water partition coefficient (Wildman–Crippen LogP) is 3.48. The van der Waals surface area contributed by atoms with Gasteiger partial charge in [0.25, 0.3) is 11.8 Å². The fraction of sp³-hybridized carbons (Fsp3) is 0.400. The zero-order chi connectivity index (χ0) is 23.8. The van der Waals surface area contributed by atoms with E-state index in [0.717, 1.165) is 37.5 Å². The Morgan fingerprint density at radius 2 is 2.03 bits per heavy atom. The number of carbonyl (C=O) groups excluding carboxylic acids is 3. The molecule has 1 fully saturated rings. The van der Waals surface area contributed by atoms with E-state index in [0.29, 0.717) is 34.8 Å². The van der Waals surface area contributed by atoms with E-state index in [1.807, 2.05) is 24.8 Å². The molecule has 9 nitrogen and oxygen atoms in total. The van der Waals surface area contributed by atoms with E-state index < -0.39 is 0 Å². The Kier molecular flexibility index (Phi) is 5.77. The van der Waals surface area contributed by atoms with E-state index in [9.17, 15) is 14.4 Å². The zero-order valence-corrected chi connectivity index (χ0v) is 19.2. The van der Waals surface area contributed by atoms with Gasteiger partial charge in [-0.05, 0) is 63.3 Å². The lowest BCUT2D eigenvalue weighted by Crippen LogP contribution is -2.38. The maximum atomic E-state index is 13.2. The highest BCUT2D eigenvalue weighted by Crippen LogP contribution is 2.38. The maximum Gasteiger partial charge on any atom is 0.261 e. The van der Waals surface area contributed by atoms with Crippen molar-refractivity contribution in [3.05, 3.63) is 53.5 Å². The molecule has 5 rings (SSSR count). The van der Waals surface area contributed by atoms with Crippen molar-refractivity contribution in [1.29, 1.82) is 0 Å². The second kappa shape index (κ2) is 8.89. The van der Waals surface area contributed by atoms with Crippen LogP contribution in [-0.4, -0.2) is 49.7 Å². The van der Waals surface area contributed by atoms with Crippen molar-refractivity contribution in [3.63, 3.8) is 0 Å². The molecule has 0 spiro atoms. The number of amides is 2. The van der Waals surface area contributed by atoms with Gasteiger partial charge in [0, 0.05) is 36.5 Å². The van der Waals surface area contributed by atoms with Gasteiger partial charge in [0.05, 0.1) is 18.0 Å². The number of anilines is 1. The predicted molar refractivity (Wildman–Crippen MR) is 125 cm³/mol. The molecule has 1 N–H and O–H groups in total. The highest BCUT2D eigenvalue weighted by molar-refractivity contribution is 6.09. The highest BCUT2D eigenvalue weighted by Gasteiger charge is 2.36. The summed E-state index contributed by atoms with van der Waals surface area (Å²) in [4.78, 5) is 43.6. The van der Waals surface area contributed by atoms with E-state index in [2.05, 4.69) is 15.4 Å². The molecule has 1 aromatic carbocycles. The highest BCUT2D eigenvalue weighted by atomic mass is 16.5. The van der Waals surface area contributed by atoms with Crippen LogP contribution in [0.3, 0.4) is 0 Å². The molecule has 1 aliphatic carbocycles. The molecule has 2 amide bonds. The number of nitrogens with zero attached hydrogens (tertiary/aromatic N) is 4. The summed E-state index contributed by atoms with van der Waals surface area (Å²) in [5, 5.41) is 7.12. The summed E-state index contributed by atoms with van der Waals surface area (Å²) in [6, 6.07) is 5.43. The Balaban J connectivity index is 1.42. The molecule has 3 aromatic rings. The number of carbonyl (C=O) groups is 3. The van der Waals surface area contributed by atoms with Crippen LogP contribution < -0.4 is 10.1 Å². The van der Waals surface area contributed by atoms with Gasteiger partial charge in [-0.2, -0.15) is 5.10 Å². The van der Waals surface area contributed by atoms with Crippen LogP contribution in [0.1, 0.15) is 65.8 Å². The van der Waals surface area contributed by atoms with E-state index >= 15 is 0 Å². The second-order valence-corrected chi connectivity index (χ2v) is 9.21. The van der Waals surface area contributed by atoms with Crippen molar-refractivity contribution in [1.82, 2.24) is 19.5 Å². The van der Waals surface area contributed by atoms with Crippen molar-refractivity contribution < 1.29 is 19.1 Å². The minimum Gasteiger partial charge on any atom is -0.489 e. The van der Waals surface area contributed by atoms with Crippen molar-refractivity contribution in [3.8, 4) is 5.75 Å². The number of benzene rings is 1. The number of rotatable bonds is 6. The van der Waals surface area contributed by atoms with Crippen LogP contribution in [0.2, 0.25) is 0 Å². The molecule has 0 atom stereocenters. The molecular weight excluding hydrogens is 434 g/mol. The number of hydrogen-bond donors (Lipinski definition) is 1. The Hall–Kier alpha value is -3.75. The Morgan fingerprint density at radius 3 is 2.76 bits per heavy atom. The molecule has 2 aromatic heterocycles. The summed E-state index contributed by atoms with van der Waals surface area (Å²) >= 11 is 0. The molecule has 0 unspecified atom stereocenters. The first-order valence-corrected chi connectivity index (χ1v) is 11.6. The average Bonchev–Trinajstić information content (AvgIpc) is 3.40. The van der Waals surface area contributed by atoms with Crippen molar-refractivity contribution in [2.45, 2.75) is 58.2 Å². The summed E-state index contributed by atoms with van der Waals surface area (Å²) < 4.78 is 7.51. The first kappa shape index (κ1) is 22.1. The van der Waals surface area contributed by atoms with Crippen LogP contribution in [-0.2, 0) is 11.3 Å². The molecular formula is C25H27N5O4. The Morgan fingerprint density at radius 1 is 1.24 bits per heavy atom. The van der Waals surface area contributed by atoms with E-state index in [1.54, 1.807) is 29.0 Å². The number of aldehydes is 1. The third kappa shape index (κ3) is 4.02. The minimum atomic E-state index is -0.351. The Bertz CT molecular complexity index is 1260. The van der Waals surface area contributed by atoms with E-state index in [1.165, 1.54) is 6.20 Å². The van der Waals surface area contributed by atoms with Crippen LogP contribution in [0.4, 0.5) is 5.69 Å². The summed E-state index contributed by atoms with van der Waals surface area (Å²) in [6.07, 6.45) is 8.97. The average molecular weight is 462 g/mol. The van der Waals surface area contributed by atoms with Gasteiger partial charge in [0.2, 0.25) is 0 Å². The molecule has 0 saturated heterocycles.